The summed E-state index contributed by atoms with van der Waals surface area (Å²) in [7, 11) is -3.85. The van der Waals surface area contributed by atoms with Crippen molar-refractivity contribution in [1.29, 1.82) is 0 Å². The van der Waals surface area contributed by atoms with Crippen LogP contribution >= 0.6 is 11.6 Å². The molecule has 1 atom stereocenters. The van der Waals surface area contributed by atoms with E-state index in [2.05, 4.69) is 5.32 Å². The molecule has 29 heavy (non-hydrogen) atoms. The second kappa shape index (κ2) is 7.77. The van der Waals surface area contributed by atoms with Gasteiger partial charge in [-0.15, -0.1) is 0 Å². The molecule has 0 unspecified atom stereocenters. The summed E-state index contributed by atoms with van der Waals surface area (Å²) in [5.74, 6) is 0.189. The van der Waals surface area contributed by atoms with Gasteiger partial charge >= 0.3 is 0 Å². The van der Waals surface area contributed by atoms with Crippen molar-refractivity contribution in [2.24, 2.45) is 5.92 Å². The Morgan fingerprint density at radius 1 is 1.17 bits per heavy atom. The van der Waals surface area contributed by atoms with Crippen molar-refractivity contribution in [2.45, 2.75) is 43.6 Å². The first-order valence-electron chi connectivity index (χ1n) is 9.87. The van der Waals surface area contributed by atoms with Crippen molar-refractivity contribution in [2.75, 3.05) is 31.5 Å². The number of fused-ring (bicyclic) bond motifs is 1. The number of carbonyl (C=O) groups is 2. The van der Waals surface area contributed by atoms with Crippen LogP contribution in [0.15, 0.2) is 17.0 Å². The predicted molar refractivity (Wildman–Crippen MR) is 107 cm³/mol. The predicted octanol–water partition coefficient (Wildman–Crippen LogP) is 2.08. The maximum Gasteiger partial charge on any atom is 0.265 e. The second-order valence-electron chi connectivity index (χ2n) is 7.74. The van der Waals surface area contributed by atoms with Gasteiger partial charge in [-0.05, 0) is 25.8 Å². The number of nitrogens with one attached hydrogen (secondary N) is 1. The van der Waals surface area contributed by atoms with E-state index in [-0.39, 0.29) is 46.5 Å². The molecule has 0 radical (unpaired) electrons. The van der Waals surface area contributed by atoms with Crippen LogP contribution in [0.4, 0.5) is 5.69 Å². The number of carbonyl (C=O) groups excluding carboxylic acids is 2. The molecule has 0 spiro atoms. The Morgan fingerprint density at radius 2 is 1.83 bits per heavy atom. The van der Waals surface area contributed by atoms with E-state index in [1.54, 1.807) is 11.8 Å². The Kier molecular flexibility index (Phi) is 5.48. The SMILES string of the molecule is C[C@H]1Oc2cc(S(=O)(=O)N3CCN(C(=O)C4CCCC4)CC3)c(Cl)cc2NC1=O. The zero-order valence-corrected chi connectivity index (χ0v) is 17.8. The van der Waals surface area contributed by atoms with Gasteiger partial charge in [0.05, 0.1) is 10.7 Å². The summed E-state index contributed by atoms with van der Waals surface area (Å²) >= 11 is 6.24. The fourth-order valence-corrected chi connectivity index (χ4v) is 6.06. The average molecular weight is 442 g/mol. The van der Waals surface area contributed by atoms with E-state index < -0.39 is 16.1 Å². The van der Waals surface area contributed by atoms with Gasteiger partial charge in [0, 0.05) is 38.2 Å². The van der Waals surface area contributed by atoms with Crippen molar-refractivity contribution in [3.63, 3.8) is 0 Å². The van der Waals surface area contributed by atoms with Crippen LogP contribution in [0.25, 0.3) is 0 Å². The average Bonchev–Trinajstić information content (AvgIpc) is 3.23. The zero-order valence-electron chi connectivity index (χ0n) is 16.2. The molecule has 4 rings (SSSR count). The Morgan fingerprint density at radius 3 is 2.48 bits per heavy atom. The molecule has 1 N–H and O–H groups in total. The monoisotopic (exact) mass is 441 g/mol. The Labute approximate surface area is 175 Å². The highest BCUT2D eigenvalue weighted by molar-refractivity contribution is 7.89. The first kappa shape index (κ1) is 20.4. The number of hydrogen-bond donors (Lipinski definition) is 1. The third-order valence-electron chi connectivity index (χ3n) is 5.84. The van der Waals surface area contributed by atoms with E-state index >= 15 is 0 Å². The van der Waals surface area contributed by atoms with Crippen LogP contribution in [0.3, 0.4) is 0 Å². The number of ether oxygens (including phenoxy) is 1. The van der Waals surface area contributed by atoms with Gasteiger partial charge in [-0.25, -0.2) is 8.42 Å². The number of benzene rings is 1. The van der Waals surface area contributed by atoms with Gasteiger partial charge in [-0.2, -0.15) is 4.31 Å². The number of rotatable bonds is 3. The Hall–Kier alpha value is -1.84. The molecule has 1 saturated carbocycles. The molecule has 0 aromatic heterocycles. The number of sulfonamides is 1. The normalized spacial score (nSPS) is 23.4. The highest BCUT2D eigenvalue weighted by Gasteiger charge is 2.35. The molecule has 2 aliphatic heterocycles. The van der Waals surface area contributed by atoms with Crippen LogP contribution in [0, 0.1) is 5.92 Å². The largest absolute Gasteiger partial charge is 0.479 e. The van der Waals surface area contributed by atoms with E-state index in [0.717, 1.165) is 25.7 Å². The summed E-state index contributed by atoms with van der Waals surface area (Å²) in [5.41, 5.74) is 0.351. The molecule has 3 aliphatic rings. The van der Waals surface area contributed by atoms with Gasteiger partial charge in [0.15, 0.2) is 6.10 Å². The van der Waals surface area contributed by atoms with Gasteiger partial charge in [0.1, 0.15) is 10.6 Å². The number of halogens is 1. The van der Waals surface area contributed by atoms with Crippen molar-refractivity contribution < 1.29 is 22.7 Å². The summed E-state index contributed by atoms with van der Waals surface area (Å²) in [5, 5.41) is 2.67. The minimum Gasteiger partial charge on any atom is -0.479 e. The van der Waals surface area contributed by atoms with Crippen molar-refractivity contribution in [1.82, 2.24) is 9.21 Å². The van der Waals surface area contributed by atoms with E-state index in [1.165, 1.54) is 16.4 Å². The molecule has 2 heterocycles. The highest BCUT2D eigenvalue weighted by atomic mass is 35.5. The summed E-state index contributed by atoms with van der Waals surface area (Å²) in [6, 6.07) is 2.76. The molecule has 158 valence electrons. The van der Waals surface area contributed by atoms with Crippen LogP contribution in [0.2, 0.25) is 5.02 Å². The van der Waals surface area contributed by atoms with E-state index in [0.29, 0.717) is 18.8 Å². The number of amides is 2. The fourth-order valence-electron chi connectivity index (χ4n) is 4.12. The number of nitrogens with zero attached hydrogens (tertiary/aromatic N) is 2. The lowest BCUT2D eigenvalue weighted by Crippen LogP contribution is -2.51. The molecule has 1 aliphatic carbocycles. The molecular weight excluding hydrogens is 418 g/mol. The van der Waals surface area contributed by atoms with Crippen LogP contribution in [0.5, 0.6) is 5.75 Å². The van der Waals surface area contributed by atoms with Crippen molar-refractivity contribution >= 4 is 39.1 Å². The molecule has 10 heteroatoms. The van der Waals surface area contributed by atoms with Gasteiger partial charge in [0.25, 0.3) is 5.91 Å². The number of piperazine rings is 1. The first-order valence-corrected chi connectivity index (χ1v) is 11.7. The number of anilines is 1. The van der Waals surface area contributed by atoms with Crippen LogP contribution in [0.1, 0.15) is 32.6 Å². The lowest BCUT2D eigenvalue weighted by Gasteiger charge is -2.35. The molecule has 1 aromatic carbocycles. The van der Waals surface area contributed by atoms with Gasteiger partial charge in [-0.3, -0.25) is 9.59 Å². The molecule has 1 saturated heterocycles. The number of hydrogen-bond acceptors (Lipinski definition) is 5. The van der Waals surface area contributed by atoms with E-state index in [1.807, 2.05) is 0 Å². The van der Waals surface area contributed by atoms with E-state index in [9.17, 15) is 18.0 Å². The fraction of sp³-hybridized carbons (Fsp3) is 0.579. The molecule has 2 amide bonds. The smallest absolute Gasteiger partial charge is 0.265 e. The van der Waals surface area contributed by atoms with Crippen molar-refractivity contribution in [3.8, 4) is 5.75 Å². The summed E-state index contributed by atoms with van der Waals surface area (Å²) < 4.78 is 33.2. The molecular formula is C19H24ClN3O5S. The molecule has 2 fully saturated rings. The van der Waals surface area contributed by atoms with Crippen LogP contribution < -0.4 is 10.1 Å². The van der Waals surface area contributed by atoms with Crippen LogP contribution in [-0.2, 0) is 19.6 Å². The maximum atomic E-state index is 13.2. The molecule has 1 aromatic rings. The minimum atomic E-state index is -3.85. The lowest BCUT2D eigenvalue weighted by molar-refractivity contribution is -0.136. The van der Waals surface area contributed by atoms with Crippen molar-refractivity contribution in [3.05, 3.63) is 17.2 Å². The summed E-state index contributed by atoms with van der Waals surface area (Å²) in [4.78, 5) is 26.0. The minimum absolute atomic E-state index is 0.0201. The summed E-state index contributed by atoms with van der Waals surface area (Å²) in [6.45, 7) is 2.79. The standard InChI is InChI=1S/C19H24ClN3O5S/c1-12-18(24)21-15-10-14(20)17(11-16(15)28-12)29(26,27)23-8-6-22(7-9-23)19(25)13-4-2-3-5-13/h10-13H,2-9H2,1H3,(H,21,24)/t12-/m1/s1. The third-order valence-corrected chi connectivity index (χ3v) is 8.20. The van der Waals surface area contributed by atoms with E-state index in [4.69, 9.17) is 16.3 Å². The topological polar surface area (TPSA) is 96.0 Å². The van der Waals surface area contributed by atoms with Gasteiger partial charge in [0.2, 0.25) is 15.9 Å². The van der Waals surface area contributed by atoms with Gasteiger partial charge in [-0.1, -0.05) is 24.4 Å². The van der Waals surface area contributed by atoms with Crippen LogP contribution in [-0.4, -0.2) is 61.7 Å². The zero-order chi connectivity index (χ0) is 20.8. The second-order valence-corrected chi connectivity index (χ2v) is 10.1. The molecule has 0 bridgehead atoms. The Bertz CT molecular complexity index is 937. The Balaban J connectivity index is 1.50. The summed E-state index contributed by atoms with van der Waals surface area (Å²) in [6.07, 6.45) is 3.31. The highest BCUT2D eigenvalue weighted by Crippen LogP contribution is 2.38. The third kappa shape index (κ3) is 3.83. The quantitative estimate of drug-likeness (QED) is 0.774. The molecule has 8 nitrogen and oxygen atoms in total. The van der Waals surface area contributed by atoms with Gasteiger partial charge < -0.3 is 15.0 Å². The first-order chi connectivity index (χ1) is 13.8. The lowest BCUT2D eigenvalue weighted by atomic mass is 10.1. The maximum absolute atomic E-state index is 13.2.